The van der Waals surface area contributed by atoms with Crippen LogP contribution in [0.15, 0.2) is 63.7 Å². The van der Waals surface area contributed by atoms with Gasteiger partial charge in [0.05, 0.1) is 22.9 Å². The molecule has 0 amide bonds. The first-order valence-electron chi connectivity index (χ1n) is 7.70. The lowest BCUT2D eigenvalue weighted by molar-refractivity contribution is 0.302. The molecule has 0 aliphatic rings. The van der Waals surface area contributed by atoms with E-state index in [1.54, 1.807) is 12.3 Å². The molecule has 130 valence electrons. The van der Waals surface area contributed by atoms with Crippen LogP contribution in [0.25, 0.3) is 0 Å². The molecule has 0 radical (unpaired) electrons. The maximum atomic E-state index is 6.05. The van der Waals surface area contributed by atoms with Crippen LogP contribution in [0.4, 0.5) is 0 Å². The Kier molecular flexibility index (Phi) is 6.43. The molecule has 6 heteroatoms. The Bertz CT molecular complexity index is 837. The van der Waals surface area contributed by atoms with Crippen molar-refractivity contribution in [2.75, 3.05) is 0 Å². The second-order valence-electron chi connectivity index (χ2n) is 5.47. The molecule has 0 aliphatic heterocycles. The molecule has 0 aliphatic carbocycles. The average Bonchev–Trinajstić information content (AvgIpc) is 3.10. The number of benzene rings is 2. The smallest absolute Gasteiger partial charge is 0.124 e. The maximum Gasteiger partial charge on any atom is 0.124 e. The van der Waals surface area contributed by atoms with Gasteiger partial charge < -0.3 is 14.5 Å². The first-order valence-corrected chi connectivity index (χ1v) is 9.25. The zero-order valence-corrected chi connectivity index (χ0v) is 16.4. The van der Waals surface area contributed by atoms with Gasteiger partial charge in [-0.1, -0.05) is 45.2 Å². The molecule has 0 spiro atoms. The van der Waals surface area contributed by atoms with Gasteiger partial charge in [-0.25, -0.2) is 0 Å². The lowest BCUT2D eigenvalue weighted by Gasteiger charge is -2.13. The van der Waals surface area contributed by atoms with Gasteiger partial charge in [-0.05, 0) is 48.0 Å². The minimum absolute atomic E-state index is 0.420. The number of halogens is 3. The second-order valence-corrected chi connectivity index (χ2v) is 7.20. The van der Waals surface area contributed by atoms with Gasteiger partial charge >= 0.3 is 0 Å². The Balaban J connectivity index is 1.64. The summed E-state index contributed by atoms with van der Waals surface area (Å²) in [5.74, 6) is 1.72. The number of hydrogen-bond donors (Lipinski definition) is 1. The fourth-order valence-electron chi connectivity index (χ4n) is 2.35. The normalized spacial score (nSPS) is 10.8. The third-order valence-electron chi connectivity index (χ3n) is 3.60. The monoisotopic (exact) mass is 439 g/mol. The highest BCUT2D eigenvalue weighted by atomic mass is 79.9. The van der Waals surface area contributed by atoms with Crippen LogP contribution in [0, 0.1) is 0 Å². The Morgan fingerprint density at radius 2 is 1.88 bits per heavy atom. The predicted molar refractivity (Wildman–Crippen MR) is 104 cm³/mol. The van der Waals surface area contributed by atoms with Crippen LogP contribution in [0.5, 0.6) is 5.75 Å². The van der Waals surface area contributed by atoms with Crippen LogP contribution >= 0.6 is 39.1 Å². The summed E-state index contributed by atoms with van der Waals surface area (Å²) >= 11 is 15.5. The van der Waals surface area contributed by atoms with E-state index in [0.717, 1.165) is 27.1 Å². The van der Waals surface area contributed by atoms with Crippen LogP contribution in [0.2, 0.25) is 10.0 Å². The zero-order chi connectivity index (χ0) is 17.6. The van der Waals surface area contributed by atoms with Gasteiger partial charge in [0.2, 0.25) is 0 Å². The molecule has 0 atom stereocenters. The van der Waals surface area contributed by atoms with Crippen molar-refractivity contribution in [3.8, 4) is 5.75 Å². The van der Waals surface area contributed by atoms with Gasteiger partial charge in [0.25, 0.3) is 0 Å². The number of hydrogen-bond acceptors (Lipinski definition) is 3. The van der Waals surface area contributed by atoms with Crippen molar-refractivity contribution in [2.45, 2.75) is 19.7 Å². The molecule has 0 unspecified atom stereocenters. The standard InChI is InChI=1S/C19H16BrCl2NO2/c20-15-4-6-19(25-12-13-3-5-17(21)18(22)8-13)14(9-15)10-23-11-16-2-1-7-24-16/h1-9,23H,10-12H2. The minimum Gasteiger partial charge on any atom is -0.489 e. The zero-order valence-electron chi connectivity index (χ0n) is 13.3. The number of rotatable bonds is 7. The highest BCUT2D eigenvalue weighted by Gasteiger charge is 2.07. The summed E-state index contributed by atoms with van der Waals surface area (Å²) in [6, 6.07) is 15.3. The van der Waals surface area contributed by atoms with Crippen LogP contribution in [0.3, 0.4) is 0 Å². The van der Waals surface area contributed by atoms with Gasteiger partial charge in [0.15, 0.2) is 0 Å². The molecule has 3 rings (SSSR count). The van der Waals surface area contributed by atoms with Crippen molar-refractivity contribution in [3.05, 3.63) is 86.2 Å². The maximum absolute atomic E-state index is 6.05. The van der Waals surface area contributed by atoms with Crippen molar-refractivity contribution in [1.82, 2.24) is 5.32 Å². The van der Waals surface area contributed by atoms with Gasteiger partial charge in [-0.15, -0.1) is 0 Å². The number of nitrogens with one attached hydrogen (secondary N) is 1. The van der Waals surface area contributed by atoms with Gasteiger partial charge in [0, 0.05) is 16.6 Å². The Labute approximate surface area is 165 Å². The summed E-state index contributed by atoms with van der Waals surface area (Å²) in [6.07, 6.45) is 1.67. The topological polar surface area (TPSA) is 34.4 Å². The molecule has 1 aromatic heterocycles. The SMILES string of the molecule is Clc1ccc(COc2ccc(Br)cc2CNCc2ccco2)cc1Cl. The summed E-state index contributed by atoms with van der Waals surface area (Å²) in [4.78, 5) is 0. The van der Waals surface area contributed by atoms with E-state index >= 15 is 0 Å². The van der Waals surface area contributed by atoms with Crippen LogP contribution in [-0.4, -0.2) is 0 Å². The molecule has 25 heavy (non-hydrogen) atoms. The third-order valence-corrected chi connectivity index (χ3v) is 4.83. The fourth-order valence-corrected chi connectivity index (χ4v) is 3.08. The van der Waals surface area contributed by atoms with E-state index in [2.05, 4.69) is 21.2 Å². The van der Waals surface area contributed by atoms with Crippen molar-refractivity contribution in [3.63, 3.8) is 0 Å². The van der Waals surface area contributed by atoms with Crippen LogP contribution in [-0.2, 0) is 19.7 Å². The summed E-state index contributed by atoms with van der Waals surface area (Å²) in [6.45, 7) is 1.74. The van der Waals surface area contributed by atoms with E-state index in [0.29, 0.717) is 29.7 Å². The average molecular weight is 441 g/mol. The molecule has 0 saturated carbocycles. The molecule has 0 bridgehead atoms. The van der Waals surface area contributed by atoms with E-state index in [4.69, 9.17) is 32.4 Å². The Morgan fingerprint density at radius 3 is 2.64 bits per heavy atom. The summed E-state index contributed by atoms with van der Waals surface area (Å²) < 4.78 is 12.3. The molecule has 3 nitrogen and oxygen atoms in total. The molecule has 2 aromatic carbocycles. The van der Waals surface area contributed by atoms with Gasteiger partial charge in [-0.3, -0.25) is 0 Å². The van der Waals surface area contributed by atoms with Crippen molar-refractivity contribution >= 4 is 39.1 Å². The third kappa shape index (κ3) is 5.25. The predicted octanol–water partition coefficient (Wildman–Crippen LogP) is 6.22. The first-order chi connectivity index (χ1) is 12.1. The van der Waals surface area contributed by atoms with E-state index in [1.165, 1.54) is 0 Å². The quantitative estimate of drug-likeness (QED) is 0.473. The molecule has 1 heterocycles. The van der Waals surface area contributed by atoms with Gasteiger partial charge in [0.1, 0.15) is 18.1 Å². The van der Waals surface area contributed by atoms with Crippen LogP contribution < -0.4 is 10.1 Å². The largest absolute Gasteiger partial charge is 0.489 e. The van der Waals surface area contributed by atoms with Crippen molar-refractivity contribution in [1.29, 1.82) is 0 Å². The Morgan fingerprint density at radius 1 is 1.00 bits per heavy atom. The minimum atomic E-state index is 0.420. The van der Waals surface area contributed by atoms with E-state index in [-0.39, 0.29) is 0 Å². The lowest BCUT2D eigenvalue weighted by atomic mass is 10.2. The molecule has 0 fully saturated rings. The number of ether oxygens (including phenoxy) is 1. The summed E-state index contributed by atoms with van der Waals surface area (Å²) in [5, 5.41) is 4.42. The van der Waals surface area contributed by atoms with E-state index < -0.39 is 0 Å². The molecule has 3 aromatic rings. The van der Waals surface area contributed by atoms with Gasteiger partial charge in [-0.2, -0.15) is 0 Å². The summed E-state index contributed by atoms with van der Waals surface area (Å²) in [7, 11) is 0. The first kappa shape index (κ1) is 18.3. The fraction of sp³-hybridized carbons (Fsp3) is 0.158. The van der Waals surface area contributed by atoms with E-state index in [9.17, 15) is 0 Å². The number of furan rings is 1. The van der Waals surface area contributed by atoms with Crippen molar-refractivity contribution in [2.24, 2.45) is 0 Å². The molecular formula is C19H16BrCl2NO2. The molecule has 0 saturated heterocycles. The molecule has 1 N–H and O–H groups in total. The molecular weight excluding hydrogens is 425 g/mol. The van der Waals surface area contributed by atoms with Crippen molar-refractivity contribution < 1.29 is 9.15 Å². The Hall–Kier alpha value is -1.46. The summed E-state index contributed by atoms with van der Waals surface area (Å²) in [5.41, 5.74) is 2.02. The highest BCUT2D eigenvalue weighted by Crippen LogP contribution is 2.26. The van der Waals surface area contributed by atoms with Crippen LogP contribution in [0.1, 0.15) is 16.9 Å². The second kappa shape index (κ2) is 8.77. The lowest BCUT2D eigenvalue weighted by Crippen LogP contribution is -2.13. The highest BCUT2D eigenvalue weighted by molar-refractivity contribution is 9.10. The van der Waals surface area contributed by atoms with E-state index in [1.807, 2.05) is 42.5 Å².